The predicted octanol–water partition coefficient (Wildman–Crippen LogP) is 4.92. The topological polar surface area (TPSA) is 162 Å². The van der Waals surface area contributed by atoms with E-state index in [2.05, 4.69) is 30.6 Å². The summed E-state index contributed by atoms with van der Waals surface area (Å²) in [6.45, 7) is 4.80. The zero-order valence-corrected chi connectivity index (χ0v) is 32.0. The number of carbonyl (C=O) groups is 3. The van der Waals surface area contributed by atoms with Gasteiger partial charge in [0.1, 0.15) is 28.9 Å². The Morgan fingerprint density at radius 3 is 2.28 bits per heavy atom. The van der Waals surface area contributed by atoms with Crippen molar-refractivity contribution in [3.8, 4) is 17.6 Å². The van der Waals surface area contributed by atoms with Gasteiger partial charge in [-0.25, -0.2) is 13.3 Å². The Kier molecular flexibility index (Phi) is 9.17. The van der Waals surface area contributed by atoms with Crippen molar-refractivity contribution in [2.75, 3.05) is 49.5 Å². The Bertz CT molecular complexity index is 2600. The van der Waals surface area contributed by atoms with E-state index in [-0.39, 0.29) is 58.9 Å². The van der Waals surface area contributed by atoms with Gasteiger partial charge in [0, 0.05) is 80.6 Å². The van der Waals surface area contributed by atoms with Crippen molar-refractivity contribution in [1.82, 2.24) is 34.5 Å². The third-order valence-electron chi connectivity index (χ3n) is 12.6. The molecule has 0 bridgehead atoms. The lowest BCUT2D eigenvalue weighted by Gasteiger charge is -2.50. The summed E-state index contributed by atoms with van der Waals surface area (Å²) in [5.41, 5.74) is 1.30. The Morgan fingerprint density at radius 2 is 1.58 bits per heavy atom. The SMILES string of the molecule is N#Cc1cnn2c(C(=O)Nc3cc4cn(C5CCC(N6CCN(C7CN(c8cc(F)c([C@H]9CCC(=O)NC9=O)c(F)c8)C7)CC6)CC5)nc4c4c3OC(F)(F)O4)ccc2c1. The number of nitrogens with zero attached hydrogens (tertiary/aromatic N) is 8. The maximum Gasteiger partial charge on any atom is 0.586 e. The largest absolute Gasteiger partial charge is 0.586 e. The quantitative estimate of drug-likeness (QED) is 0.169. The van der Waals surface area contributed by atoms with E-state index in [1.54, 1.807) is 29.1 Å². The van der Waals surface area contributed by atoms with Crippen LogP contribution >= 0.6 is 0 Å². The molecule has 7 heterocycles. The number of piperazine rings is 1. The summed E-state index contributed by atoms with van der Waals surface area (Å²) < 4.78 is 72.3. The van der Waals surface area contributed by atoms with E-state index in [1.807, 2.05) is 11.0 Å². The van der Waals surface area contributed by atoms with Crippen LogP contribution in [0.15, 0.2) is 48.8 Å². The zero-order chi connectivity index (χ0) is 41.4. The van der Waals surface area contributed by atoms with Crippen molar-refractivity contribution >= 4 is 45.5 Å². The summed E-state index contributed by atoms with van der Waals surface area (Å²) in [6.07, 6.45) is 2.77. The molecule has 2 aromatic carbocycles. The Labute approximate surface area is 339 Å². The van der Waals surface area contributed by atoms with Crippen molar-refractivity contribution in [3.05, 3.63) is 77.2 Å². The van der Waals surface area contributed by atoms with Crippen LogP contribution in [0.25, 0.3) is 16.4 Å². The maximum absolute atomic E-state index is 15.1. The Hall–Kier alpha value is -6.26. The number of nitriles is 1. The Morgan fingerprint density at radius 1 is 0.900 bits per heavy atom. The smallest absolute Gasteiger partial charge is 0.393 e. The maximum atomic E-state index is 15.1. The molecule has 60 heavy (non-hydrogen) atoms. The van der Waals surface area contributed by atoms with E-state index in [0.717, 1.165) is 51.9 Å². The van der Waals surface area contributed by atoms with Crippen molar-refractivity contribution < 1.29 is 41.4 Å². The lowest BCUT2D eigenvalue weighted by Crippen LogP contribution is -2.64. The van der Waals surface area contributed by atoms with Gasteiger partial charge >= 0.3 is 6.29 Å². The minimum absolute atomic E-state index is 0.0104. The van der Waals surface area contributed by atoms with Gasteiger partial charge < -0.3 is 19.7 Å². The van der Waals surface area contributed by atoms with Crippen molar-refractivity contribution in [2.24, 2.45) is 0 Å². The monoisotopic (exact) mass is 826 g/mol. The zero-order valence-electron chi connectivity index (χ0n) is 32.0. The van der Waals surface area contributed by atoms with Gasteiger partial charge in [0.15, 0.2) is 5.75 Å². The first-order valence-electron chi connectivity index (χ1n) is 20.0. The first-order chi connectivity index (χ1) is 28.9. The summed E-state index contributed by atoms with van der Waals surface area (Å²) >= 11 is 0. The van der Waals surface area contributed by atoms with E-state index in [9.17, 15) is 28.4 Å². The van der Waals surface area contributed by atoms with Crippen LogP contribution in [0.2, 0.25) is 0 Å². The van der Waals surface area contributed by atoms with E-state index < -0.39 is 41.6 Å². The van der Waals surface area contributed by atoms with E-state index in [1.165, 1.54) is 28.9 Å². The molecule has 15 nitrogen and oxygen atoms in total. The molecule has 5 aromatic rings. The average molecular weight is 827 g/mol. The number of nitrogens with one attached hydrogen (secondary N) is 2. The molecule has 3 amide bonds. The van der Waals surface area contributed by atoms with Crippen LogP contribution in [-0.2, 0) is 9.59 Å². The van der Waals surface area contributed by atoms with Crippen LogP contribution in [0, 0.1) is 23.0 Å². The molecule has 0 radical (unpaired) electrons. The lowest BCUT2D eigenvalue weighted by molar-refractivity contribution is -0.286. The second-order valence-corrected chi connectivity index (χ2v) is 16.1. The van der Waals surface area contributed by atoms with E-state index in [4.69, 9.17) is 9.47 Å². The van der Waals surface area contributed by atoms with Crippen LogP contribution in [0.3, 0.4) is 0 Å². The highest BCUT2D eigenvalue weighted by Crippen LogP contribution is 2.50. The van der Waals surface area contributed by atoms with E-state index in [0.29, 0.717) is 41.3 Å². The molecule has 3 saturated heterocycles. The number of hydrogen-bond donors (Lipinski definition) is 2. The van der Waals surface area contributed by atoms with Gasteiger partial charge in [-0.3, -0.25) is 34.2 Å². The molecule has 0 unspecified atom stereocenters. The van der Waals surface area contributed by atoms with Gasteiger partial charge in [0.2, 0.25) is 17.6 Å². The molecular weight excluding hydrogens is 789 g/mol. The molecule has 4 fully saturated rings. The van der Waals surface area contributed by atoms with Crippen LogP contribution in [0.4, 0.5) is 28.9 Å². The third kappa shape index (κ3) is 6.72. The van der Waals surface area contributed by atoms with Gasteiger partial charge in [-0.1, -0.05) is 0 Å². The minimum Gasteiger partial charge on any atom is -0.393 e. The summed E-state index contributed by atoms with van der Waals surface area (Å²) in [6, 6.07) is 11.5. The molecule has 1 aliphatic carbocycles. The molecule has 0 spiro atoms. The number of fused-ring (bicyclic) bond motifs is 4. The fraction of sp³-hybridized carbons (Fsp3) is 0.415. The average Bonchev–Trinajstić information content (AvgIpc) is 3.93. The standard InChI is InChI=1S/C41H38F4N10O5/c42-30-15-27(16-31(43)35(30)29-6-8-34(56)49-39(29)57)53-20-28(21-53)52-11-9-51(10-12-52)24-1-3-25(4-2-24)54-19-23-14-32(37-38(36(23)50-54)60-41(44,45)59-37)48-40(58)33-7-5-26-13-22(17-46)18-47-55(26)33/h5,7,13-16,18-19,24-25,28-29H,1-4,6,8-12,20-21H2,(H,48,58)(H,49,56,57)/t24?,25?,29-/m1/s1. The number of carbonyl (C=O) groups excluding carboxylic acids is 3. The van der Waals surface area contributed by atoms with Crippen LogP contribution in [0.1, 0.15) is 72.1 Å². The first kappa shape index (κ1) is 38.0. The van der Waals surface area contributed by atoms with Crippen molar-refractivity contribution in [3.63, 3.8) is 0 Å². The number of hydrogen-bond acceptors (Lipinski definition) is 11. The van der Waals surface area contributed by atoms with Crippen LogP contribution in [0.5, 0.6) is 11.5 Å². The Balaban J connectivity index is 0.748. The molecule has 310 valence electrons. The summed E-state index contributed by atoms with van der Waals surface area (Å²) in [5.74, 6) is -4.92. The van der Waals surface area contributed by atoms with Crippen LogP contribution in [-0.4, -0.2) is 105 Å². The molecule has 4 aliphatic heterocycles. The number of ether oxygens (including phenoxy) is 2. The first-order valence-corrected chi connectivity index (χ1v) is 20.0. The molecule has 2 N–H and O–H groups in total. The number of anilines is 2. The number of rotatable bonds is 7. The van der Waals surface area contributed by atoms with Gasteiger partial charge in [-0.15, -0.1) is 8.78 Å². The number of alkyl halides is 2. The molecule has 10 rings (SSSR count). The molecular formula is C41H38F4N10O5. The number of piperidine rings is 1. The summed E-state index contributed by atoms with van der Waals surface area (Å²) in [4.78, 5) is 44.0. The van der Waals surface area contributed by atoms with E-state index >= 15 is 8.78 Å². The summed E-state index contributed by atoms with van der Waals surface area (Å²) in [7, 11) is 0. The van der Waals surface area contributed by atoms with Gasteiger partial charge in [0.25, 0.3) is 5.91 Å². The fourth-order valence-electron chi connectivity index (χ4n) is 9.40. The highest BCUT2D eigenvalue weighted by atomic mass is 19.3. The lowest BCUT2D eigenvalue weighted by atomic mass is 9.89. The number of amides is 3. The van der Waals surface area contributed by atoms with Gasteiger partial charge in [-0.2, -0.15) is 15.5 Å². The summed E-state index contributed by atoms with van der Waals surface area (Å²) in [5, 5.41) is 23.4. The fourth-order valence-corrected chi connectivity index (χ4v) is 9.40. The third-order valence-corrected chi connectivity index (χ3v) is 12.6. The van der Waals surface area contributed by atoms with Gasteiger partial charge in [-0.05, 0) is 68.5 Å². The number of halogens is 4. The second kappa shape index (κ2) is 14.5. The van der Waals surface area contributed by atoms with Crippen molar-refractivity contribution in [2.45, 2.75) is 68.9 Å². The molecule has 1 atom stereocenters. The number of benzene rings is 2. The molecule has 1 saturated carbocycles. The van der Waals surface area contributed by atoms with Gasteiger partial charge in [0.05, 0.1) is 34.9 Å². The molecule has 5 aliphatic rings. The van der Waals surface area contributed by atoms with Crippen molar-refractivity contribution in [1.29, 1.82) is 5.26 Å². The molecule has 3 aromatic heterocycles. The predicted molar refractivity (Wildman–Crippen MR) is 206 cm³/mol. The highest BCUT2D eigenvalue weighted by Gasteiger charge is 2.47. The normalized spacial score (nSPS) is 23.4. The van der Waals surface area contributed by atoms with Crippen LogP contribution < -0.4 is 25.0 Å². The second-order valence-electron chi connectivity index (χ2n) is 16.1. The molecule has 19 heteroatoms. The number of imide groups is 1. The minimum atomic E-state index is -3.96. The highest BCUT2D eigenvalue weighted by molar-refractivity contribution is 6.07. The number of aromatic nitrogens is 4.